The lowest BCUT2D eigenvalue weighted by Gasteiger charge is -2.33. The van der Waals surface area contributed by atoms with Gasteiger partial charge in [-0.3, -0.25) is 19.3 Å². The van der Waals surface area contributed by atoms with Crippen molar-refractivity contribution in [1.82, 2.24) is 15.0 Å². The van der Waals surface area contributed by atoms with Gasteiger partial charge in [0, 0.05) is 17.8 Å². The number of aryl methyl sites for hydroxylation is 1. The van der Waals surface area contributed by atoms with Crippen molar-refractivity contribution >= 4 is 40.6 Å². The van der Waals surface area contributed by atoms with E-state index in [9.17, 15) is 18.8 Å². The Hall–Kier alpha value is -3.79. The van der Waals surface area contributed by atoms with Crippen molar-refractivity contribution in [1.29, 1.82) is 0 Å². The second-order valence-corrected chi connectivity index (χ2v) is 12.2. The third-order valence-electron chi connectivity index (χ3n) is 8.53. The Morgan fingerprint density at radius 2 is 1.55 bits per heavy atom. The molecule has 2 aliphatic carbocycles. The highest BCUT2D eigenvalue weighted by Crippen LogP contribution is 2.36. The fourth-order valence-electron chi connectivity index (χ4n) is 6.00. The Labute approximate surface area is 250 Å². The molecule has 5 rings (SSSR count). The minimum Gasteiger partial charge on any atom is -0.395 e. The molecule has 0 spiro atoms. The van der Waals surface area contributed by atoms with E-state index in [0.29, 0.717) is 11.3 Å². The van der Waals surface area contributed by atoms with Crippen molar-refractivity contribution in [2.75, 3.05) is 10.6 Å². The van der Waals surface area contributed by atoms with Crippen molar-refractivity contribution in [3.05, 3.63) is 75.5 Å². The third-order valence-corrected chi connectivity index (χ3v) is 9.38. The summed E-state index contributed by atoms with van der Waals surface area (Å²) < 4.78 is 18.3. The van der Waals surface area contributed by atoms with E-state index in [2.05, 4.69) is 15.0 Å². The summed E-state index contributed by atoms with van der Waals surface area (Å²) in [4.78, 5) is 43.2. The number of rotatable bonds is 8. The molecule has 2 aromatic carbocycles. The Morgan fingerprint density at radius 1 is 0.929 bits per heavy atom. The number of nitrogens with one attached hydrogen (secondary N) is 2. The molecule has 222 valence electrons. The van der Waals surface area contributed by atoms with Gasteiger partial charge in [-0.05, 0) is 86.0 Å². The van der Waals surface area contributed by atoms with E-state index in [4.69, 9.17) is 5.73 Å². The van der Waals surface area contributed by atoms with Crippen LogP contribution in [0, 0.1) is 19.7 Å². The molecule has 2 fully saturated rings. The zero-order chi connectivity index (χ0) is 29.8. The maximum atomic E-state index is 14.5. The number of aromatic nitrogens is 1. The van der Waals surface area contributed by atoms with Crippen LogP contribution in [0.2, 0.25) is 0 Å². The SMILES string of the molecule is Cc1cccc(N(C(=O)c2snc(C(=O)NC3CCCCC3)c2N)C(C(=O)NC2CCCC2)c2ccc(F)cc2)c1C. The molecular weight excluding hydrogens is 553 g/mol. The Kier molecular flexibility index (Phi) is 9.21. The van der Waals surface area contributed by atoms with Gasteiger partial charge >= 0.3 is 0 Å². The molecule has 1 heterocycles. The molecule has 3 aromatic rings. The van der Waals surface area contributed by atoms with Crippen LogP contribution in [0.4, 0.5) is 15.8 Å². The van der Waals surface area contributed by atoms with E-state index in [0.717, 1.165) is 80.4 Å². The van der Waals surface area contributed by atoms with Crippen LogP contribution >= 0.6 is 11.5 Å². The fraction of sp³-hybridized carbons (Fsp3) is 0.438. The number of carbonyl (C=O) groups excluding carboxylic acids is 3. The van der Waals surface area contributed by atoms with Crippen LogP contribution < -0.4 is 21.3 Å². The molecule has 0 radical (unpaired) electrons. The second-order valence-electron chi connectivity index (χ2n) is 11.4. The van der Waals surface area contributed by atoms with E-state index in [-0.39, 0.29) is 34.2 Å². The number of benzene rings is 2. The summed E-state index contributed by atoms with van der Waals surface area (Å²) >= 11 is 0.849. The normalized spacial score (nSPS) is 16.6. The van der Waals surface area contributed by atoms with Gasteiger partial charge < -0.3 is 16.4 Å². The molecule has 2 aliphatic rings. The summed E-state index contributed by atoms with van der Waals surface area (Å²) in [6.45, 7) is 3.82. The summed E-state index contributed by atoms with van der Waals surface area (Å²) in [7, 11) is 0. The highest BCUT2D eigenvalue weighted by Gasteiger charge is 2.38. The standard InChI is InChI=1S/C32H38FN5O3S/c1-19-9-8-14-25(20(19)2)38(28(21-15-17-22(33)18-16-21)31(40)36-24-12-6-7-13-24)32(41)29-26(34)27(37-42-29)30(39)35-23-10-4-3-5-11-23/h8-9,14-18,23-24,28H,3-7,10-13,34H2,1-2H3,(H,35,39)(H,36,40). The number of carbonyl (C=O) groups is 3. The summed E-state index contributed by atoms with van der Waals surface area (Å²) in [6, 6.07) is 10.1. The van der Waals surface area contributed by atoms with Gasteiger partial charge in [0.2, 0.25) is 5.91 Å². The fourth-order valence-corrected chi connectivity index (χ4v) is 6.74. The molecule has 4 N–H and O–H groups in total. The van der Waals surface area contributed by atoms with Crippen molar-refractivity contribution in [2.24, 2.45) is 0 Å². The van der Waals surface area contributed by atoms with E-state index in [1.54, 1.807) is 6.07 Å². The van der Waals surface area contributed by atoms with Gasteiger partial charge in [-0.25, -0.2) is 4.39 Å². The van der Waals surface area contributed by atoms with Gasteiger partial charge in [0.15, 0.2) is 5.69 Å². The van der Waals surface area contributed by atoms with Crippen molar-refractivity contribution in [2.45, 2.75) is 89.8 Å². The van der Waals surface area contributed by atoms with Crippen molar-refractivity contribution < 1.29 is 18.8 Å². The van der Waals surface area contributed by atoms with Crippen LogP contribution in [-0.4, -0.2) is 34.2 Å². The number of anilines is 2. The molecule has 3 amide bonds. The van der Waals surface area contributed by atoms with Gasteiger partial charge in [-0.2, -0.15) is 4.37 Å². The summed E-state index contributed by atoms with van der Waals surface area (Å²) in [5.41, 5.74) is 9.18. The maximum Gasteiger partial charge on any atom is 0.273 e. The highest BCUT2D eigenvalue weighted by atomic mass is 32.1. The number of amides is 3. The summed E-state index contributed by atoms with van der Waals surface area (Å²) in [5.74, 6) is -1.76. The largest absolute Gasteiger partial charge is 0.395 e. The predicted molar refractivity (Wildman–Crippen MR) is 163 cm³/mol. The van der Waals surface area contributed by atoms with Crippen LogP contribution in [0.5, 0.6) is 0 Å². The van der Waals surface area contributed by atoms with Gasteiger partial charge in [0.25, 0.3) is 11.8 Å². The smallest absolute Gasteiger partial charge is 0.273 e. The molecule has 1 aromatic heterocycles. The monoisotopic (exact) mass is 591 g/mol. The molecule has 1 unspecified atom stereocenters. The van der Waals surface area contributed by atoms with Crippen LogP contribution in [-0.2, 0) is 4.79 Å². The van der Waals surface area contributed by atoms with E-state index < -0.39 is 23.7 Å². The van der Waals surface area contributed by atoms with Crippen LogP contribution in [0.15, 0.2) is 42.5 Å². The maximum absolute atomic E-state index is 14.5. The minimum atomic E-state index is -1.11. The third kappa shape index (κ3) is 6.33. The predicted octanol–water partition coefficient (Wildman–Crippen LogP) is 5.99. The first-order valence-corrected chi connectivity index (χ1v) is 15.5. The molecule has 2 saturated carbocycles. The van der Waals surface area contributed by atoms with Gasteiger partial charge in [0.05, 0.1) is 5.69 Å². The number of nitrogens with two attached hydrogens (primary N) is 1. The Bertz CT molecular complexity index is 1440. The van der Waals surface area contributed by atoms with Crippen LogP contribution in [0.25, 0.3) is 0 Å². The molecule has 42 heavy (non-hydrogen) atoms. The molecule has 0 bridgehead atoms. The molecule has 0 aliphatic heterocycles. The first-order chi connectivity index (χ1) is 20.2. The first kappa shape index (κ1) is 29.7. The molecule has 10 heteroatoms. The highest BCUT2D eigenvalue weighted by molar-refractivity contribution is 7.09. The number of nitrogen functional groups attached to an aromatic ring is 1. The topological polar surface area (TPSA) is 117 Å². The molecule has 8 nitrogen and oxygen atoms in total. The van der Waals surface area contributed by atoms with E-state index in [1.165, 1.54) is 29.2 Å². The lowest BCUT2D eigenvalue weighted by molar-refractivity contribution is -0.123. The van der Waals surface area contributed by atoms with Crippen molar-refractivity contribution in [3.63, 3.8) is 0 Å². The lowest BCUT2D eigenvalue weighted by atomic mass is 9.95. The number of hydrogen-bond acceptors (Lipinski definition) is 6. The average molecular weight is 592 g/mol. The first-order valence-electron chi connectivity index (χ1n) is 14.8. The van der Waals surface area contributed by atoms with E-state index in [1.807, 2.05) is 26.0 Å². The summed E-state index contributed by atoms with van der Waals surface area (Å²) in [5, 5.41) is 6.15. The van der Waals surface area contributed by atoms with Crippen molar-refractivity contribution in [3.8, 4) is 0 Å². The summed E-state index contributed by atoms with van der Waals surface area (Å²) in [6.07, 6.45) is 8.83. The quantitative estimate of drug-likeness (QED) is 0.298. The molecule has 0 saturated heterocycles. The molecule has 1 atom stereocenters. The minimum absolute atomic E-state index is 0.000401. The average Bonchev–Trinajstić information content (AvgIpc) is 3.64. The molecular formula is C32H38FN5O3S. The van der Waals surface area contributed by atoms with E-state index >= 15 is 0 Å². The Morgan fingerprint density at radius 3 is 2.21 bits per heavy atom. The van der Waals surface area contributed by atoms with Gasteiger partial charge in [-0.1, -0.05) is 56.4 Å². The number of nitrogens with zero attached hydrogens (tertiary/aromatic N) is 2. The van der Waals surface area contributed by atoms with Crippen LogP contribution in [0.1, 0.15) is 101 Å². The van der Waals surface area contributed by atoms with Gasteiger partial charge in [-0.15, -0.1) is 0 Å². The number of halogens is 1. The zero-order valence-electron chi connectivity index (χ0n) is 24.1. The zero-order valence-corrected chi connectivity index (χ0v) is 24.9. The number of hydrogen-bond donors (Lipinski definition) is 3. The van der Waals surface area contributed by atoms with Crippen LogP contribution in [0.3, 0.4) is 0 Å². The second kappa shape index (κ2) is 13.0. The van der Waals surface area contributed by atoms with Gasteiger partial charge in [0.1, 0.15) is 16.7 Å². The lowest BCUT2D eigenvalue weighted by Crippen LogP contribution is -2.46. The Balaban J connectivity index is 1.56.